The third kappa shape index (κ3) is 4.12. The molecule has 0 aliphatic heterocycles. The number of carbonyl (C=O) groups is 1. The maximum Gasteiger partial charge on any atom is 0.256 e. The predicted octanol–water partition coefficient (Wildman–Crippen LogP) is 4.26. The molecule has 0 saturated carbocycles. The van der Waals surface area contributed by atoms with Crippen LogP contribution in [-0.4, -0.2) is 21.6 Å². The van der Waals surface area contributed by atoms with Crippen LogP contribution < -0.4 is 5.32 Å². The van der Waals surface area contributed by atoms with Crippen molar-refractivity contribution in [1.29, 1.82) is 0 Å². The SMILES string of the molecule is O=C(CSc1ncc(-c2ccc(F)cc2)o1)Nc1cccnc1Cl. The average molecular weight is 364 g/mol. The molecule has 0 aliphatic rings. The van der Waals surface area contributed by atoms with Gasteiger partial charge in [0.05, 0.1) is 17.6 Å². The van der Waals surface area contributed by atoms with Crippen molar-refractivity contribution >= 4 is 35.0 Å². The number of pyridine rings is 1. The molecular formula is C16H11ClFN3O2S. The zero-order valence-electron chi connectivity index (χ0n) is 12.2. The second kappa shape index (κ2) is 7.46. The molecule has 1 N–H and O–H groups in total. The summed E-state index contributed by atoms with van der Waals surface area (Å²) >= 11 is 7.02. The number of hydrogen-bond donors (Lipinski definition) is 1. The summed E-state index contributed by atoms with van der Waals surface area (Å²) in [6, 6.07) is 9.22. The number of anilines is 1. The standard InChI is InChI=1S/C16H11ClFN3O2S/c17-15-12(2-1-7-19-15)21-14(22)9-24-16-20-8-13(23-16)10-3-5-11(18)6-4-10/h1-8H,9H2,(H,21,22). The summed E-state index contributed by atoms with van der Waals surface area (Å²) in [5.41, 5.74) is 1.16. The van der Waals surface area contributed by atoms with E-state index in [9.17, 15) is 9.18 Å². The van der Waals surface area contributed by atoms with Crippen LogP contribution in [0, 0.1) is 5.82 Å². The van der Waals surface area contributed by atoms with Gasteiger partial charge in [-0.25, -0.2) is 14.4 Å². The minimum Gasteiger partial charge on any atom is -0.431 e. The van der Waals surface area contributed by atoms with Crippen molar-refractivity contribution in [3.05, 3.63) is 59.8 Å². The lowest BCUT2D eigenvalue weighted by Gasteiger charge is -2.04. The molecule has 0 unspecified atom stereocenters. The van der Waals surface area contributed by atoms with Gasteiger partial charge in [0.15, 0.2) is 10.9 Å². The summed E-state index contributed by atoms with van der Waals surface area (Å²) in [6.45, 7) is 0. The van der Waals surface area contributed by atoms with Gasteiger partial charge in [-0.15, -0.1) is 0 Å². The highest BCUT2D eigenvalue weighted by Crippen LogP contribution is 2.26. The van der Waals surface area contributed by atoms with Crippen LogP contribution in [-0.2, 0) is 4.79 Å². The van der Waals surface area contributed by atoms with Crippen molar-refractivity contribution in [2.75, 3.05) is 11.1 Å². The first-order chi connectivity index (χ1) is 11.6. The molecule has 0 saturated heterocycles. The number of nitrogens with zero attached hydrogens (tertiary/aromatic N) is 2. The van der Waals surface area contributed by atoms with E-state index in [1.165, 1.54) is 24.5 Å². The van der Waals surface area contributed by atoms with Crippen molar-refractivity contribution in [3.8, 4) is 11.3 Å². The molecule has 0 radical (unpaired) electrons. The lowest BCUT2D eigenvalue weighted by Crippen LogP contribution is -2.14. The highest BCUT2D eigenvalue weighted by molar-refractivity contribution is 7.99. The first-order valence-corrected chi connectivity index (χ1v) is 8.23. The Hall–Kier alpha value is -2.38. The van der Waals surface area contributed by atoms with E-state index in [0.29, 0.717) is 22.2 Å². The Labute approximate surface area is 146 Å². The zero-order valence-corrected chi connectivity index (χ0v) is 13.8. The summed E-state index contributed by atoms with van der Waals surface area (Å²) in [7, 11) is 0. The van der Waals surface area contributed by atoms with Crippen molar-refractivity contribution in [1.82, 2.24) is 9.97 Å². The highest BCUT2D eigenvalue weighted by Gasteiger charge is 2.11. The molecule has 122 valence electrons. The van der Waals surface area contributed by atoms with E-state index < -0.39 is 0 Å². The molecule has 2 aromatic heterocycles. The Bertz CT molecular complexity index is 855. The van der Waals surface area contributed by atoms with Crippen LogP contribution in [0.4, 0.5) is 10.1 Å². The molecule has 2 heterocycles. The molecule has 0 bridgehead atoms. The molecule has 8 heteroatoms. The smallest absolute Gasteiger partial charge is 0.256 e. The number of thioether (sulfide) groups is 1. The van der Waals surface area contributed by atoms with Gasteiger partial charge < -0.3 is 9.73 Å². The number of hydrogen-bond acceptors (Lipinski definition) is 5. The van der Waals surface area contributed by atoms with E-state index in [4.69, 9.17) is 16.0 Å². The van der Waals surface area contributed by atoms with Crippen LogP contribution >= 0.6 is 23.4 Å². The molecule has 0 atom stereocenters. The van der Waals surface area contributed by atoms with Crippen molar-refractivity contribution < 1.29 is 13.6 Å². The Balaban J connectivity index is 1.58. The average Bonchev–Trinajstić information content (AvgIpc) is 3.05. The number of rotatable bonds is 5. The predicted molar refractivity (Wildman–Crippen MR) is 90.5 cm³/mol. The molecule has 5 nitrogen and oxygen atoms in total. The second-order valence-corrected chi connectivity index (χ2v) is 5.96. The van der Waals surface area contributed by atoms with Crippen LogP contribution in [0.15, 0.2) is 58.4 Å². The number of aromatic nitrogens is 2. The number of carbonyl (C=O) groups excluding carboxylic acids is 1. The molecule has 24 heavy (non-hydrogen) atoms. The van der Waals surface area contributed by atoms with Gasteiger partial charge in [-0.2, -0.15) is 0 Å². The molecule has 1 amide bonds. The van der Waals surface area contributed by atoms with Crippen LogP contribution in [0.3, 0.4) is 0 Å². The lowest BCUT2D eigenvalue weighted by molar-refractivity contribution is -0.113. The highest BCUT2D eigenvalue weighted by atomic mass is 35.5. The van der Waals surface area contributed by atoms with E-state index in [1.54, 1.807) is 24.3 Å². The Morgan fingerprint density at radius 1 is 1.25 bits per heavy atom. The largest absolute Gasteiger partial charge is 0.431 e. The number of oxazole rings is 1. The number of amides is 1. The fourth-order valence-corrected chi connectivity index (χ4v) is 2.63. The van der Waals surface area contributed by atoms with Gasteiger partial charge in [0.25, 0.3) is 5.22 Å². The van der Waals surface area contributed by atoms with Crippen LogP contribution in [0.1, 0.15) is 0 Å². The number of benzene rings is 1. The topological polar surface area (TPSA) is 68.0 Å². The van der Waals surface area contributed by atoms with Crippen molar-refractivity contribution in [2.24, 2.45) is 0 Å². The van der Waals surface area contributed by atoms with E-state index in [1.807, 2.05) is 0 Å². The summed E-state index contributed by atoms with van der Waals surface area (Å²) in [5.74, 6) is 0.0393. The molecular weight excluding hydrogens is 353 g/mol. The van der Waals surface area contributed by atoms with E-state index in [2.05, 4.69) is 15.3 Å². The van der Waals surface area contributed by atoms with Crippen molar-refractivity contribution in [2.45, 2.75) is 5.22 Å². The lowest BCUT2D eigenvalue weighted by atomic mass is 10.2. The minimum atomic E-state index is -0.321. The van der Waals surface area contributed by atoms with Crippen LogP contribution in [0.25, 0.3) is 11.3 Å². The molecule has 0 fully saturated rings. The summed E-state index contributed by atoms with van der Waals surface area (Å²) < 4.78 is 18.5. The second-order valence-electron chi connectivity index (χ2n) is 4.68. The maximum atomic E-state index is 12.9. The van der Waals surface area contributed by atoms with Gasteiger partial charge in [-0.1, -0.05) is 23.4 Å². The first-order valence-electron chi connectivity index (χ1n) is 6.87. The Morgan fingerprint density at radius 2 is 2.04 bits per heavy atom. The van der Waals surface area contributed by atoms with E-state index in [0.717, 1.165) is 11.8 Å². The Kier molecular flexibility index (Phi) is 5.12. The van der Waals surface area contributed by atoms with E-state index >= 15 is 0 Å². The third-order valence-electron chi connectivity index (χ3n) is 2.97. The van der Waals surface area contributed by atoms with Gasteiger partial charge in [-0.05, 0) is 36.4 Å². The fourth-order valence-electron chi connectivity index (χ4n) is 1.87. The van der Waals surface area contributed by atoms with E-state index in [-0.39, 0.29) is 22.6 Å². The molecule has 0 spiro atoms. The first kappa shape index (κ1) is 16.5. The third-order valence-corrected chi connectivity index (χ3v) is 4.12. The molecule has 0 aliphatic carbocycles. The monoisotopic (exact) mass is 363 g/mol. The van der Waals surface area contributed by atoms with Gasteiger partial charge in [0.1, 0.15) is 5.82 Å². The number of halogens is 2. The number of nitrogens with one attached hydrogen (secondary N) is 1. The van der Waals surface area contributed by atoms with Gasteiger partial charge >= 0.3 is 0 Å². The summed E-state index contributed by atoms with van der Waals surface area (Å²) in [6.07, 6.45) is 3.07. The summed E-state index contributed by atoms with van der Waals surface area (Å²) in [5, 5.41) is 3.24. The molecule has 3 rings (SSSR count). The van der Waals surface area contributed by atoms with Gasteiger partial charge in [-0.3, -0.25) is 4.79 Å². The summed E-state index contributed by atoms with van der Waals surface area (Å²) in [4.78, 5) is 19.9. The van der Waals surface area contributed by atoms with Crippen molar-refractivity contribution in [3.63, 3.8) is 0 Å². The van der Waals surface area contributed by atoms with Gasteiger partial charge in [0.2, 0.25) is 5.91 Å². The zero-order chi connectivity index (χ0) is 16.9. The molecule has 3 aromatic rings. The molecule has 1 aromatic carbocycles. The Morgan fingerprint density at radius 3 is 2.79 bits per heavy atom. The minimum absolute atomic E-state index is 0.106. The van der Waals surface area contributed by atoms with Crippen LogP contribution in [0.5, 0.6) is 0 Å². The quantitative estimate of drug-likeness (QED) is 0.542. The maximum absolute atomic E-state index is 12.9. The fraction of sp³-hybridized carbons (Fsp3) is 0.0625. The normalized spacial score (nSPS) is 10.6. The van der Waals surface area contributed by atoms with Crippen LogP contribution in [0.2, 0.25) is 5.15 Å². The van der Waals surface area contributed by atoms with Gasteiger partial charge in [0, 0.05) is 11.8 Å².